The second-order valence-corrected chi connectivity index (χ2v) is 11.1. The molecule has 3 rings (SSSR count). The third-order valence-corrected chi connectivity index (χ3v) is 7.63. The minimum Gasteiger partial charge on any atom is -0.453 e. The second-order valence-electron chi connectivity index (χ2n) is 10.6. The van der Waals surface area contributed by atoms with Crippen molar-refractivity contribution in [3.8, 4) is 0 Å². The molecule has 2 aliphatic rings. The van der Waals surface area contributed by atoms with E-state index in [0.29, 0.717) is 37.2 Å². The molecule has 1 aromatic rings. The topological polar surface area (TPSA) is 101 Å². The number of halogens is 1. The van der Waals surface area contributed by atoms with Gasteiger partial charge in [0, 0.05) is 43.2 Å². The number of nitrogens with one attached hydrogen (secondary N) is 3. The number of benzene rings is 1. The Hall–Kier alpha value is -2.07. The van der Waals surface area contributed by atoms with Crippen molar-refractivity contribution in [3.05, 3.63) is 34.9 Å². The second kappa shape index (κ2) is 15.5. The molecule has 0 aliphatic carbocycles. The van der Waals surface area contributed by atoms with Crippen LogP contribution in [0, 0.1) is 11.8 Å². The summed E-state index contributed by atoms with van der Waals surface area (Å²) < 4.78 is 16.8. The zero-order valence-corrected chi connectivity index (χ0v) is 24.0. The van der Waals surface area contributed by atoms with Crippen LogP contribution in [0.15, 0.2) is 24.3 Å². The summed E-state index contributed by atoms with van der Waals surface area (Å²) in [4.78, 5) is 26.8. The minimum absolute atomic E-state index is 0.0275. The van der Waals surface area contributed by atoms with Gasteiger partial charge >= 0.3 is 12.1 Å². The lowest BCUT2D eigenvalue weighted by atomic mass is 9.87. The number of rotatable bonds is 11. The van der Waals surface area contributed by atoms with Crippen LogP contribution in [0.25, 0.3) is 0 Å². The van der Waals surface area contributed by atoms with E-state index in [2.05, 4.69) is 34.5 Å². The van der Waals surface area contributed by atoms with Gasteiger partial charge in [0.15, 0.2) is 0 Å². The summed E-state index contributed by atoms with van der Waals surface area (Å²) in [6.07, 6.45) is 4.58. The Morgan fingerprint density at radius 2 is 2.00 bits per heavy atom. The summed E-state index contributed by atoms with van der Waals surface area (Å²) in [5.41, 5.74) is 0.971. The van der Waals surface area contributed by atoms with E-state index >= 15 is 0 Å². The Balaban J connectivity index is 1.63. The van der Waals surface area contributed by atoms with Crippen molar-refractivity contribution in [1.82, 2.24) is 20.9 Å². The van der Waals surface area contributed by atoms with Crippen molar-refractivity contribution < 1.29 is 23.8 Å². The number of hydrogen-bond donors (Lipinski definition) is 3. The normalized spacial score (nSPS) is 25.3. The predicted molar refractivity (Wildman–Crippen MR) is 148 cm³/mol. The van der Waals surface area contributed by atoms with E-state index in [4.69, 9.17) is 21.1 Å². The van der Waals surface area contributed by atoms with Crippen molar-refractivity contribution in [3.63, 3.8) is 0 Å². The van der Waals surface area contributed by atoms with Crippen LogP contribution in [0.3, 0.4) is 0 Å². The smallest absolute Gasteiger partial charge is 0.406 e. The molecule has 1 aromatic carbocycles. The molecule has 214 valence electrons. The van der Waals surface area contributed by atoms with Crippen LogP contribution < -0.4 is 16.0 Å². The molecular formula is C28H45ClN4O5. The van der Waals surface area contributed by atoms with Gasteiger partial charge in [0.05, 0.1) is 32.0 Å². The highest BCUT2D eigenvalue weighted by atomic mass is 35.5. The van der Waals surface area contributed by atoms with Gasteiger partial charge in [-0.1, -0.05) is 23.7 Å². The van der Waals surface area contributed by atoms with E-state index in [1.807, 2.05) is 36.2 Å². The number of nitrogens with zero attached hydrogens (tertiary/aromatic N) is 1. The standard InChI is InChI=1S/C28H45ClN4O5/c1-19-13-21(14-20(2)38-19)15-25(17-30-3)32-27(34)33-11-6-8-23(18-33)26(22-7-5-9-24(29)16-22)37-12-10-31-28(35)36-4/h5,7,9,16,19-21,23,25-26,30H,6,8,10-15,17-18H2,1-4H3,(H,31,35)(H,32,34)/t19-,20+,21?,23-,25+,26+/m1/s1. The van der Waals surface area contributed by atoms with E-state index in [1.165, 1.54) is 7.11 Å². The fourth-order valence-corrected chi connectivity index (χ4v) is 6.08. The summed E-state index contributed by atoms with van der Waals surface area (Å²) in [6.45, 7) is 6.94. The molecule has 3 amide bonds. The number of carbonyl (C=O) groups is 2. The number of alkyl carbamates (subject to hydrolysis) is 1. The molecule has 0 spiro atoms. The third kappa shape index (κ3) is 9.59. The Labute approximate surface area is 232 Å². The molecular weight excluding hydrogens is 508 g/mol. The minimum atomic E-state index is -0.491. The fourth-order valence-electron chi connectivity index (χ4n) is 5.88. The number of likely N-dealkylation sites (tertiary alicyclic amines) is 1. The Morgan fingerprint density at radius 3 is 2.68 bits per heavy atom. The molecule has 0 saturated carbocycles. The highest BCUT2D eigenvalue weighted by Gasteiger charge is 2.33. The summed E-state index contributed by atoms with van der Waals surface area (Å²) in [6, 6.07) is 7.69. The lowest BCUT2D eigenvalue weighted by Crippen LogP contribution is -2.52. The molecule has 10 heteroatoms. The molecule has 9 nitrogen and oxygen atoms in total. The Bertz CT molecular complexity index is 881. The highest BCUT2D eigenvalue weighted by Crippen LogP contribution is 2.34. The van der Waals surface area contributed by atoms with Crippen LogP contribution in [-0.4, -0.2) is 82.2 Å². The van der Waals surface area contributed by atoms with E-state index in [0.717, 1.165) is 44.2 Å². The van der Waals surface area contributed by atoms with Gasteiger partial charge in [0.1, 0.15) is 0 Å². The molecule has 38 heavy (non-hydrogen) atoms. The lowest BCUT2D eigenvalue weighted by Gasteiger charge is -2.38. The van der Waals surface area contributed by atoms with E-state index < -0.39 is 6.09 Å². The first-order chi connectivity index (χ1) is 18.3. The van der Waals surface area contributed by atoms with Gasteiger partial charge in [0.2, 0.25) is 0 Å². The Morgan fingerprint density at radius 1 is 1.24 bits per heavy atom. The van der Waals surface area contributed by atoms with Crippen molar-refractivity contribution in [2.75, 3.05) is 46.9 Å². The molecule has 6 atom stereocenters. The van der Waals surface area contributed by atoms with Crippen LogP contribution >= 0.6 is 11.6 Å². The monoisotopic (exact) mass is 552 g/mol. The third-order valence-electron chi connectivity index (χ3n) is 7.40. The van der Waals surface area contributed by atoms with Crippen LogP contribution in [0.4, 0.5) is 9.59 Å². The van der Waals surface area contributed by atoms with Crippen LogP contribution in [0.1, 0.15) is 57.6 Å². The lowest BCUT2D eigenvalue weighted by molar-refractivity contribution is -0.0547. The van der Waals surface area contributed by atoms with Gasteiger partial charge < -0.3 is 35.1 Å². The van der Waals surface area contributed by atoms with Gasteiger partial charge in [-0.2, -0.15) is 0 Å². The number of urea groups is 1. The Kier molecular flexibility index (Phi) is 12.4. The maximum Gasteiger partial charge on any atom is 0.406 e. The van der Waals surface area contributed by atoms with Crippen molar-refractivity contribution in [2.24, 2.45) is 11.8 Å². The summed E-state index contributed by atoms with van der Waals surface area (Å²) in [5.74, 6) is 0.631. The average Bonchev–Trinajstić information content (AvgIpc) is 2.88. The van der Waals surface area contributed by atoms with Crippen molar-refractivity contribution >= 4 is 23.7 Å². The first kappa shape index (κ1) is 30.5. The van der Waals surface area contributed by atoms with Crippen LogP contribution in [0.5, 0.6) is 0 Å². The molecule has 2 aliphatic heterocycles. The van der Waals surface area contributed by atoms with Crippen molar-refractivity contribution in [2.45, 2.75) is 70.3 Å². The van der Waals surface area contributed by atoms with Crippen LogP contribution in [-0.2, 0) is 14.2 Å². The molecule has 2 heterocycles. The number of likely N-dealkylation sites (N-methyl/N-ethyl adjacent to an activating group) is 1. The zero-order chi connectivity index (χ0) is 27.5. The average molecular weight is 553 g/mol. The quantitative estimate of drug-likeness (QED) is 0.353. The molecule has 2 saturated heterocycles. The van der Waals surface area contributed by atoms with Gasteiger partial charge in [0.25, 0.3) is 0 Å². The number of amides is 3. The van der Waals surface area contributed by atoms with E-state index in [-0.39, 0.29) is 36.3 Å². The maximum absolute atomic E-state index is 13.4. The molecule has 2 fully saturated rings. The number of piperidine rings is 1. The first-order valence-corrected chi connectivity index (χ1v) is 14.2. The van der Waals surface area contributed by atoms with Crippen molar-refractivity contribution in [1.29, 1.82) is 0 Å². The number of methoxy groups -OCH3 is 1. The van der Waals surface area contributed by atoms with Gasteiger partial charge in [-0.3, -0.25) is 0 Å². The van der Waals surface area contributed by atoms with E-state index in [9.17, 15) is 9.59 Å². The maximum atomic E-state index is 13.4. The highest BCUT2D eigenvalue weighted by molar-refractivity contribution is 6.30. The molecule has 0 radical (unpaired) electrons. The summed E-state index contributed by atoms with van der Waals surface area (Å²) in [5, 5.41) is 9.84. The predicted octanol–water partition coefficient (Wildman–Crippen LogP) is 4.36. The largest absolute Gasteiger partial charge is 0.453 e. The van der Waals surface area contributed by atoms with E-state index in [1.54, 1.807) is 0 Å². The SMILES string of the molecule is CNC[C@H](CC1C[C@@H](C)O[C@@H](C)C1)NC(=O)N1CCC[C@@H]([C@@H](OCCNC(=O)OC)c2cccc(Cl)c2)C1. The molecule has 0 aromatic heterocycles. The number of hydrogen-bond acceptors (Lipinski definition) is 6. The zero-order valence-electron chi connectivity index (χ0n) is 23.2. The molecule has 3 N–H and O–H groups in total. The molecule has 1 unspecified atom stereocenters. The molecule has 0 bridgehead atoms. The summed E-state index contributed by atoms with van der Waals surface area (Å²) >= 11 is 6.30. The summed E-state index contributed by atoms with van der Waals surface area (Å²) in [7, 11) is 3.26. The van der Waals surface area contributed by atoms with Gasteiger partial charge in [-0.05, 0) is 76.6 Å². The fraction of sp³-hybridized carbons (Fsp3) is 0.714. The number of ether oxygens (including phenoxy) is 3. The number of carbonyl (C=O) groups excluding carboxylic acids is 2. The van der Waals surface area contributed by atoms with Gasteiger partial charge in [-0.25, -0.2) is 9.59 Å². The first-order valence-electron chi connectivity index (χ1n) is 13.8. The van der Waals surface area contributed by atoms with Gasteiger partial charge in [-0.15, -0.1) is 0 Å². The van der Waals surface area contributed by atoms with Crippen LogP contribution in [0.2, 0.25) is 5.02 Å².